The van der Waals surface area contributed by atoms with E-state index in [1.165, 1.54) is 19.3 Å². The Kier molecular flexibility index (Phi) is 7.54. The van der Waals surface area contributed by atoms with Crippen LogP contribution < -0.4 is 10.6 Å². The zero-order chi connectivity index (χ0) is 16.1. The van der Waals surface area contributed by atoms with Gasteiger partial charge in [-0.05, 0) is 37.0 Å². The van der Waals surface area contributed by atoms with Gasteiger partial charge in [-0.15, -0.1) is 24.0 Å². The first-order chi connectivity index (χ1) is 11.2. The number of hydrogen-bond acceptors (Lipinski definition) is 3. The zero-order valence-electron chi connectivity index (χ0n) is 13.9. The van der Waals surface area contributed by atoms with Crippen LogP contribution in [0.1, 0.15) is 24.8 Å². The number of likely N-dealkylation sites (tertiary alicyclic amines) is 1. The van der Waals surface area contributed by atoms with Crippen LogP contribution in [0.25, 0.3) is 0 Å². The number of piperidine rings is 1. The Morgan fingerprint density at radius 1 is 1.12 bits per heavy atom. The number of guanidine groups is 1. The van der Waals surface area contributed by atoms with E-state index >= 15 is 0 Å². The number of hydrogen-bond donors (Lipinski definition) is 1. The minimum atomic E-state index is -0.198. The van der Waals surface area contributed by atoms with E-state index < -0.39 is 0 Å². The molecular weight excluding hydrogens is 422 g/mol. The van der Waals surface area contributed by atoms with Crippen molar-refractivity contribution in [1.29, 1.82) is 0 Å². The van der Waals surface area contributed by atoms with Crippen molar-refractivity contribution in [2.45, 2.75) is 25.8 Å². The minimum absolute atomic E-state index is 0. The molecule has 0 spiro atoms. The third-order valence-corrected chi connectivity index (χ3v) is 4.47. The molecule has 7 heteroatoms. The van der Waals surface area contributed by atoms with Crippen molar-refractivity contribution in [3.8, 4) is 0 Å². The Bertz CT molecular complexity index is 558. The smallest absolute Gasteiger partial charge is 0.191 e. The zero-order valence-corrected chi connectivity index (χ0v) is 16.2. The molecule has 0 saturated carbocycles. The van der Waals surface area contributed by atoms with Crippen LogP contribution in [-0.4, -0.2) is 50.3 Å². The first kappa shape index (κ1) is 19.2. The summed E-state index contributed by atoms with van der Waals surface area (Å²) in [4.78, 5) is 8.56. The maximum absolute atomic E-state index is 14.3. The molecule has 2 aliphatic heterocycles. The molecule has 0 aromatic heterocycles. The van der Waals surface area contributed by atoms with Gasteiger partial charge in [-0.1, -0.05) is 6.07 Å². The van der Waals surface area contributed by atoms with E-state index in [1.807, 2.05) is 17.0 Å². The number of nitrogens with zero attached hydrogens (tertiary/aromatic N) is 3. The number of anilines is 1. The van der Waals surface area contributed by atoms with Gasteiger partial charge in [0.25, 0.3) is 0 Å². The molecule has 0 bridgehead atoms. The number of ether oxygens (including phenoxy) is 1. The second-order valence-electron chi connectivity index (χ2n) is 6.11. The molecule has 2 heterocycles. The maximum atomic E-state index is 14.3. The quantitative estimate of drug-likeness (QED) is 0.439. The van der Waals surface area contributed by atoms with Gasteiger partial charge in [-0.2, -0.15) is 0 Å². The monoisotopic (exact) mass is 448 g/mol. The van der Waals surface area contributed by atoms with Gasteiger partial charge in [0, 0.05) is 26.2 Å². The summed E-state index contributed by atoms with van der Waals surface area (Å²) < 4.78 is 19.6. The fourth-order valence-electron chi connectivity index (χ4n) is 3.10. The Balaban J connectivity index is 0.00000208. The minimum Gasteiger partial charge on any atom is -0.378 e. The summed E-state index contributed by atoms with van der Waals surface area (Å²) in [5.74, 6) is 0.374. The Hall–Kier alpha value is -1.09. The average molecular weight is 448 g/mol. The molecule has 2 aliphatic rings. The van der Waals surface area contributed by atoms with Gasteiger partial charge in [-0.25, -0.2) is 9.38 Å². The molecular formula is C17H26FIN4O. The van der Waals surface area contributed by atoms with Gasteiger partial charge < -0.3 is 20.3 Å². The van der Waals surface area contributed by atoms with Crippen molar-refractivity contribution in [2.75, 3.05) is 44.3 Å². The summed E-state index contributed by atoms with van der Waals surface area (Å²) in [5, 5.41) is 0. The van der Waals surface area contributed by atoms with Crippen LogP contribution in [-0.2, 0) is 11.3 Å². The second-order valence-corrected chi connectivity index (χ2v) is 6.11. The molecule has 0 aliphatic carbocycles. The van der Waals surface area contributed by atoms with Crippen LogP contribution in [0.5, 0.6) is 0 Å². The van der Waals surface area contributed by atoms with Crippen LogP contribution in [0.3, 0.4) is 0 Å². The fraction of sp³-hybridized carbons (Fsp3) is 0.588. The highest BCUT2D eigenvalue weighted by Gasteiger charge is 2.15. The summed E-state index contributed by atoms with van der Waals surface area (Å²) in [6.07, 6.45) is 3.59. The van der Waals surface area contributed by atoms with Gasteiger partial charge in [-0.3, -0.25) is 0 Å². The van der Waals surface area contributed by atoms with E-state index in [0.717, 1.165) is 31.7 Å². The highest BCUT2D eigenvalue weighted by Crippen LogP contribution is 2.22. The summed E-state index contributed by atoms with van der Waals surface area (Å²) >= 11 is 0. The van der Waals surface area contributed by atoms with E-state index in [2.05, 4.69) is 9.89 Å². The average Bonchev–Trinajstić information content (AvgIpc) is 2.61. The standard InChI is InChI=1S/C17H25FN4O.HI/c18-15-12-14(4-5-16(15)21-8-10-23-11-9-21)13-20-17(19)22-6-2-1-3-7-22;/h4-5,12H,1-3,6-11,13H2,(H2,19,20);1H. The molecule has 2 fully saturated rings. The van der Waals surface area contributed by atoms with E-state index in [9.17, 15) is 4.39 Å². The van der Waals surface area contributed by atoms with Gasteiger partial charge in [0.1, 0.15) is 5.82 Å². The summed E-state index contributed by atoms with van der Waals surface area (Å²) in [6, 6.07) is 5.33. The van der Waals surface area contributed by atoms with Crippen molar-refractivity contribution in [3.05, 3.63) is 29.6 Å². The SMILES string of the molecule is I.NC(=NCc1ccc(N2CCOCC2)c(F)c1)N1CCCCC1. The third-order valence-electron chi connectivity index (χ3n) is 4.47. The molecule has 0 atom stereocenters. The highest BCUT2D eigenvalue weighted by atomic mass is 127. The van der Waals surface area contributed by atoms with Gasteiger partial charge in [0.05, 0.1) is 25.4 Å². The highest BCUT2D eigenvalue weighted by molar-refractivity contribution is 14.0. The predicted octanol–water partition coefficient (Wildman–Crippen LogP) is 2.58. The van der Waals surface area contributed by atoms with Crippen molar-refractivity contribution < 1.29 is 9.13 Å². The van der Waals surface area contributed by atoms with Crippen LogP contribution in [0.15, 0.2) is 23.2 Å². The first-order valence-electron chi connectivity index (χ1n) is 8.40. The van der Waals surface area contributed by atoms with Gasteiger partial charge in [0.2, 0.25) is 0 Å². The molecule has 134 valence electrons. The van der Waals surface area contributed by atoms with E-state index in [-0.39, 0.29) is 29.8 Å². The normalized spacial score (nSPS) is 19.1. The number of rotatable bonds is 3. The Labute approximate surface area is 160 Å². The summed E-state index contributed by atoms with van der Waals surface area (Å²) in [5.41, 5.74) is 7.53. The first-order valence-corrected chi connectivity index (χ1v) is 8.40. The lowest BCUT2D eigenvalue weighted by atomic mass is 10.1. The number of aliphatic imine (C=N–C) groups is 1. The third kappa shape index (κ3) is 4.95. The number of benzene rings is 1. The number of halogens is 2. The van der Waals surface area contributed by atoms with Crippen LogP contribution in [0.4, 0.5) is 10.1 Å². The molecule has 1 aromatic carbocycles. The lowest BCUT2D eigenvalue weighted by Gasteiger charge is -2.29. The Morgan fingerprint density at radius 2 is 1.83 bits per heavy atom. The summed E-state index contributed by atoms with van der Waals surface area (Å²) in [7, 11) is 0. The van der Waals surface area contributed by atoms with Crippen LogP contribution >= 0.6 is 24.0 Å². The Morgan fingerprint density at radius 3 is 2.50 bits per heavy atom. The molecule has 0 amide bonds. The molecule has 3 rings (SSSR count). The molecule has 0 radical (unpaired) electrons. The molecule has 5 nitrogen and oxygen atoms in total. The maximum Gasteiger partial charge on any atom is 0.191 e. The van der Waals surface area contributed by atoms with Crippen LogP contribution in [0.2, 0.25) is 0 Å². The molecule has 2 N–H and O–H groups in total. The van der Waals surface area contributed by atoms with Crippen LogP contribution in [0, 0.1) is 5.82 Å². The molecule has 1 aromatic rings. The number of morpholine rings is 1. The predicted molar refractivity (Wildman–Crippen MR) is 106 cm³/mol. The second kappa shape index (κ2) is 9.41. The van der Waals surface area contributed by atoms with Crippen molar-refractivity contribution in [2.24, 2.45) is 10.7 Å². The largest absolute Gasteiger partial charge is 0.378 e. The molecule has 2 saturated heterocycles. The van der Waals surface area contributed by atoms with Crippen molar-refractivity contribution in [3.63, 3.8) is 0 Å². The molecule has 0 unspecified atom stereocenters. The number of nitrogens with two attached hydrogens (primary N) is 1. The fourth-order valence-corrected chi connectivity index (χ4v) is 3.10. The summed E-state index contributed by atoms with van der Waals surface area (Å²) in [6.45, 7) is 5.13. The topological polar surface area (TPSA) is 54.1 Å². The van der Waals surface area contributed by atoms with E-state index in [0.29, 0.717) is 31.4 Å². The van der Waals surface area contributed by atoms with E-state index in [4.69, 9.17) is 10.5 Å². The van der Waals surface area contributed by atoms with Gasteiger partial charge >= 0.3 is 0 Å². The lowest BCUT2D eigenvalue weighted by Crippen LogP contribution is -2.40. The lowest BCUT2D eigenvalue weighted by molar-refractivity contribution is 0.122. The van der Waals surface area contributed by atoms with Crippen molar-refractivity contribution in [1.82, 2.24) is 4.90 Å². The van der Waals surface area contributed by atoms with E-state index in [1.54, 1.807) is 6.07 Å². The molecule has 24 heavy (non-hydrogen) atoms. The van der Waals surface area contributed by atoms with Gasteiger partial charge in [0.15, 0.2) is 5.96 Å². The van der Waals surface area contributed by atoms with Crippen molar-refractivity contribution >= 4 is 35.6 Å².